The number of halogens is 1. The molecule has 0 spiro atoms. The quantitative estimate of drug-likeness (QED) is 0.799. The van der Waals surface area contributed by atoms with Crippen LogP contribution in [0.2, 0.25) is 0 Å². The lowest BCUT2D eigenvalue weighted by Crippen LogP contribution is -2.41. The lowest BCUT2D eigenvalue weighted by molar-refractivity contribution is 0.00578. The molecule has 1 heterocycles. The Bertz CT molecular complexity index is 418. The predicted octanol–water partition coefficient (Wildman–Crippen LogP) is 3.55. The van der Waals surface area contributed by atoms with Gasteiger partial charge in [-0.1, -0.05) is 28.1 Å². The van der Waals surface area contributed by atoms with Gasteiger partial charge in [0.2, 0.25) is 0 Å². The van der Waals surface area contributed by atoms with E-state index in [1.165, 1.54) is 0 Å². The third-order valence-corrected chi connectivity index (χ3v) is 4.00. The Morgan fingerprint density at radius 2 is 1.78 bits per heavy atom. The van der Waals surface area contributed by atoms with Crippen LogP contribution in [0.3, 0.4) is 0 Å². The summed E-state index contributed by atoms with van der Waals surface area (Å²) in [6.07, 6.45) is 0. The maximum absolute atomic E-state index is 5.76. The fourth-order valence-corrected chi connectivity index (χ4v) is 2.09. The smallest absolute Gasteiger partial charge is 0.382 e. The Labute approximate surface area is 117 Å². The standard InChI is InChI=1S/C13H18BBrO3/c1-12(2)13(3,4)18-14(17-12)16-9-10-6-5-7-11(15)8-10/h5-8H,9H2,1-4H3. The molecule has 0 aliphatic carbocycles. The van der Waals surface area contributed by atoms with Gasteiger partial charge in [-0.15, -0.1) is 0 Å². The first-order valence-electron chi connectivity index (χ1n) is 6.02. The van der Waals surface area contributed by atoms with Crippen molar-refractivity contribution in [2.24, 2.45) is 0 Å². The van der Waals surface area contributed by atoms with E-state index < -0.39 is 7.32 Å². The van der Waals surface area contributed by atoms with Gasteiger partial charge in [-0.25, -0.2) is 0 Å². The zero-order valence-corrected chi connectivity index (χ0v) is 12.8. The number of hydrogen-bond acceptors (Lipinski definition) is 3. The summed E-state index contributed by atoms with van der Waals surface area (Å²) in [6.45, 7) is 8.51. The minimum absolute atomic E-state index is 0.352. The van der Waals surface area contributed by atoms with Gasteiger partial charge in [-0.3, -0.25) is 0 Å². The first kappa shape index (κ1) is 14.1. The molecule has 1 aromatic rings. The van der Waals surface area contributed by atoms with E-state index in [2.05, 4.69) is 15.9 Å². The van der Waals surface area contributed by atoms with Gasteiger partial charge in [0.1, 0.15) is 0 Å². The molecule has 0 amide bonds. The lowest BCUT2D eigenvalue weighted by Gasteiger charge is -2.31. The van der Waals surface area contributed by atoms with Crippen LogP contribution in [0.4, 0.5) is 0 Å². The monoisotopic (exact) mass is 312 g/mol. The topological polar surface area (TPSA) is 27.7 Å². The first-order chi connectivity index (χ1) is 8.30. The molecule has 0 atom stereocenters. The molecule has 5 heteroatoms. The highest BCUT2D eigenvalue weighted by molar-refractivity contribution is 9.10. The zero-order chi connectivity index (χ0) is 13.4. The van der Waals surface area contributed by atoms with Crippen molar-refractivity contribution in [1.82, 2.24) is 0 Å². The summed E-state index contributed by atoms with van der Waals surface area (Å²) >= 11 is 3.43. The normalized spacial score (nSPS) is 21.3. The molecule has 1 aromatic carbocycles. The predicted molar refractivity (Wildman–Crippen MR) is 75.0 cm³/mol. The van der Waals surface area contributed by atoms with Crippen molar-refractivity contribution in [3.8, 4) is 0 Å². The zero-order valence-electron chi connectivity index (χ0n) is 11.2. The van der Waals surface area contributed by atoms with Crippen LogP contribution < -0.4 is 0 Å². The Kier molecular flexibility index (Phi) is 3.88. The summed E-state index contributed by atoms with van der Waals surface area (Å²) in [4.78, 5) is 0. The maximum Gasteiger partial charge on any atom is 0.640 e. The largest absolute Gasteiger partial charge is 0.640 e. The minimum Gasteiger partial charge on any atom is -0.382 e. The van der Waals surface area contributed by atoms with Gasteiger partial charge in [-0.05, 0) is 45.4 Å². The molecule has 1 fully saturated rings. The van der Waals surface area contributed by atoms with Crippen molar-refractivity contribution >= 4 is 23.3 Å². The van der Waals surface area contributed by atoms with Gasteiger partial charge in [0.25, 0.3) is 0 Å². The van der Waals surface area contributed by atoms with Gasteiger partial charge in [0, 0.05) is 4.47 Å². The van der Waals surface area contributed by atoms with Crippen molar-refractivity contribution in [3.05, 3.63) is 34.3 Å². The van der Waals surface area contributed by atoms with E-state index in [4.69, 9.17) is 14.0 Å². The van der Waals surface area contributed by atoms with Crippen LogP contribution in [-0.4, -0.2) is 18.5 Å². The third-order valence-electron chi connectivity index (χ3n) is 3.51. The van der Waals surface area contributed by atoms with Crippen molar-refractivity contribution < 1.29 is 14.0 Å². The molecule has 0 saturated carbocycles. The van der Waals surface area contributed by atoms with Gasteiger partial charge >= 0.3 is 7.32 Å². The first-order valence-corrected chi connectivity index (χ1v) is 6.81. The molecule has 18 heavy (non-hydrogen) atoms. The van der Waals surface area contributed by atoms with E-state index in [1.54, 1.807) is 0 Å². The van der Waals surface area contributed by atoms with Crippen LogP contribution in [0.5, 0.6) is 0 Å². The molecule has 0 unspecified atom stereocenters. The highest BCUT2D eigenvalue weighted by Crippen LogP contribution is 2.37. The molecule has 1 aliphatic heterocycles. The Balaban J connectivity index is 1.93. The van der Waals surface area contributed by atoms with Gasteiger partial charge in [0.05, 0.1) is 17.8 Å². The van der Waals surface area contributed by atoms with E-state index in [1.807, 2.05) is 52.0 Å². The average molecular weight is 313 g/mol. The molecule has 0 bridgehead atoms. The van der Waals surface area contributed by atoms with Crippen molar-refractivity contribution in [1.29, 1.82) is 0 Å². The number of benzene rings is 1. The van der Waals surface area contributed by atoms with Crippen molar-refractivity contribution in [2.75, 3.05) is 0 Å². The molecule has 1 saturated heterocycles. The molecular weight excluding hydrogens is 295 g/mol. The number of rotatable bonds is 3. The SMILES string of the molecule is CC1(C)OB(OCc2cccc(Br)c2)OC1(C)C. The molecule has 98 valence electrons. The van der Waals surface area contributed by atoms with Crippen LogP contribution in [-0.2, 0) is 20.6 Å². The summed E-state index contributed by atoms with van der Waals surface area (Å²) in [5.41, 5.74) is 0.378. The van der Waals surface area contributed by atoms with E-state index in [-0.39, 0.29) is 11.2 Å². The van der Waals surface area contributed by atoms with E-state index in [0.29, 0.717) is 6.61 Å². The summed E-state index contributed by atoms with van der Waals surface area (Å²) in [6, 6.07) is 7.99. The van der Waals surface area contributed by atoms with E-state index in [0.717, 1.165) is 10.0 Å². The highest BCUT2D eigenvalue weighted by Gasteiger charge is 2.52. The summed E-state index contributed by atoms with van der Waals surface area (Å²) < 4.78 is 18.2. The molecule has 1 aliphatic rings. The van der Waals surface area contributed by atoms with E-state index >= 15 is 0 Å². The van der Waals surface area contributed by atoms with Gasteiger partial charge < -0.3 is 14.0 Å². The molecule has 0 N–H and O–H groups in total. The minimum atomic E-state index is -0.603. The van der Waals surface area contributed by atoms with Crippen LogP contribution in [0.15, 0.2) is 28.7 Å². The van der Waals surface area contributed by atoms with Gasteiger partial charge in [0.15, 0.2) is 0 Å². The second-order valence-corrected chi connectivity index (χ2v) is 6.40. The average Bonchev–Trinajstić information content (AvgIpc) is 2.45. The third kappa shape index (κ3) is 2.96. The van der Waals surface area contributed by atoms with Crippen molar-refractivity contribution in [2.45, 2.75) is 45.5 Å². The van der Waals surface area contributed by atoms with E-state index in [9.17, 15) is 0 Å². The molecule has 3 nitrogen and oxygen atoms in total. The molecular formula is C13H18BBrO3. The van der Waals surface area contributed by atoms with Gasteiger partial charge in [-0.2, -0.15) is 0 Å². The summed E-state index contributed by atoms with van der Waals surface area (Å²) in [5, 5.41) is 0. The van der Waals surface area contributed by atoms with Crippen LogP contribution >= 0.6 is 15.9 Å². The Morgan fingerprint density at radius 1 is 1.17 bits per heavy atom. The molecule has 0 aromatic heterocycles. The Morgan fingerprint density at radius 3 is 2.33 bits per heavy atom. The maximum atomic E-state index is 5.76. The fraction of sp³-hybridized carbons (Fsp3) is 0.538. The summed E-state index contributed by atoms with van der Waals surface area (Å²) in [7, 11) is -0.603. The second-order valence-electron chi connectivity index (χ2n) is 5.49. The number of hydrogen-bond donors (Lipinski definition) is 0. The fourth-order valence-electron chi connectivity index (χ4n) is 1.65. The second kappa shape index (κ2) is 4.97. The van der Waals surface area contributed by atoms with Crippen LogP contribution in [0.25, 0.3) is 0 Å². The summed E-state index contributed by atoms with van der Waals surface area (Å²) in [5.74, 6) is 0. The highest BCUT2D eigenvalue weighted by atomic mass is 79.9. The van der Waals surface area contributed by atoms with Crippen LogP contribution in [0.1, 0.15) is 33.3 Å². The Hall–Kier alpha value is -0.355. The van der Waals surface area contributed by atoms with Crippen molar-refractivity contribution in [3.63, 3.8) is 0 Å². The lowest BCUT2D eigenvalue weighted by atomic mass is 9.90. The molecule has 2 rings (SSSR count). The van der Waals surface area contributed by atoms with Crippen LogP contribution in [0, 0.1) is 0 Å². The molecule has 0 radical (unpaired) electrons.